The van der Waals surface area contributed by atoms with Crippen molar-refractivity contribution in [2.24, 2.45) is 0 Å². The molecule has 0 atom stereocenters. The van der Waals surface area contributed by atoms with Crippen LogP contribution in [0, 0.1) is 11.6 Å². The van der Waals surface area contributed by atoms with Gasteiger partial charge in [-0.2, -0.15) is 0 Å². The molecule has 19 heavy (non-hydrogen) atoms. The molecule has 0 heterocycles. The van der Waals surface area contributed by atoms with E-state index >= 15 is 0 Å². The third kappa shape index (κ3) is 7.05. The third-order valence-electron chi connectivity index (χ3n) is 2.25. The number of hydrogen-bond acceptors (Lipinski definition) is 3. The van der Waals surface area contributed by atoms with Gasteiger partial charge in [-0.1, -0.05) is 0 Å². The summed E-state index contributed by atoms with van der Waals surface area (Å²) in [6, 6.07) is 3.13. The SMILES string of the molecule is COCCNCC(=O)NCc1cc(F)ccc1F.Cl. The molecule has 0 saturated carbocycles. The first-order valence-corrected chi connectivity index (χ1v) is 5.53. The van der Waals surface area contributed by atoms with Gasteiger partial charge < -0.3 is 15.4 Å². The first-order chi connectivity index (χ1) is 8.63. The molecule has 0 aliphatic carbocycles. The zero-order chi connectivity index (χ0) is 13.4. The van der Waals surface area contributed by atoms with E-state index in [4.69, 9.17) is 4.74 Å². The summed E-state index contributed by atoms with van der Waals surface area (Å²) in [5.74, 6) is -1.35. The van der Waals surface area contributed by atoms with Crippen molar-refractivity contribution in [3.8, 4) is 0 Å². The standard InChI is InChI=1S/C12H16F2N2O2.ClH/c1-18-5-4-15-8-12(17)16-7-9-6-10(13)2-3-11(9)14;/h2-3,6,15H,4-5,7-8H2,1H3,(H,16,17);1H. The average molecular weight is 295 g/mol. The summed E-state index contributed by atoms with van der Waals surface area (Å²) in [5.41, 5.74) is 0.125. The second-order valence-electron chi connectivity index (χ2n) is 3.68. The molecule has 108 valence electrons. The van der Waals surface area contributed by atoms with Crippen molar-refractivity contribution in [1.29, 1.82) is 0 Å². The maximum atomic E-state index is 13.2. The van der Waals surface area contributed by atoms with E-state index in [0.29, 0.717) is 13.2 Å². The Morgan fingerprint density at radius 1 is 1.37 bits per heavy atom. The molecular weight excluding hydrogens is 278 g/mol. The lowest BCUT2D eigenvalue weighted by atomic mass is 10.2. The predicted octanol–water partition coefficient (Wildman–Crippen LogP) is 1.24. The maximum absolute atomic E-state index is 13.2. The van der Waals surface area contributed by atoms with Crippen LogP contribution in [-0.2, 0) is 16.1 Å². The lowest BCUT2D eigenvalue weighted by Crippen LogP contribution is -2.35. The number of amides is 1. The molecule has 0 aliphatic heterocycles. The van der Waals surface area contributed by atoms with E-state index in [9.17, 15) is 13.6 Å². The summed E-state index contributed by atoms with van der Waals surface area (Å²) in [5, 5.41) is 5.34. The first kappa shape index (κ1) is 17.8. The minimum Gasteiger partial charge on any atom is -0.383 e. The fourth-order valence-corrected chi connectivity index (χ4v) is 1.31. The summed E-state index contributed by atoms with van der Waals surface area (Å²) in [6.45, 7) is 1.14. The number of ether oxygens (including phenoxy) is 1. The van der Waals surface area contributed by atoms with E-state index in [1.54, 1.807) is 7.11 Å². The Labute approximate surface area is 116 Å². The van der Waals surface area contributed by atoms with Gasteiger partial charge in [0.25, 0.3) is 0 Å². The van der Waals surface area contributed by atoms with Gasteiger partial charge in [0.15, 0.2) is 0 Å². The van der Waals surface area contributed by atoms with E-state index in [2.05, 4.69) is 10.6 Å². The Morgan fingerprint density at radius 3 is 2.79 bits per heavy atom. The van der Waals surface area contributed by atoms with Gasteiger partial charge in [-0.3, -0.25) is 4.79 Å². The van der Waals surface area contributed by atoms with Gasteiger partial charge in [-0.15, -0.1) is 12.4 Å². The van der Waals surface area contributed by atoms with Gasteiger partial charge in [-0.25, -0.2) is 8.78 Å². The molecule has 0 spiro atoms. The van der Waals surface area contributed by atoms with E-state index in [1.165, 1.54) is 0 Å². The highest BCUT2D eigenvalue weighted by atomic mass is 35.5. The minimum atomic E-state index is -0.538. The Hall–Kier alpha value is -1.24. The second kappa shape index (κ2) is 9.66. The number of carbonyl (C=O) groups is 1. The molecule has 0 radical (unpaired) electrons. The number of nitrogens with one attached hydrogen (secondary N) is 2. The molecule has 0 aliphatic rings. The van der Waals surface area contributed by atoms with Crippen molar-refractivity contribution in [2.45, 2.75) is 6.54 Å². The molecular formula is C12H17ClF2N2O2. The van der Waals surface area contributed by atoms with Crippen molar-refractivity contribution in [3.05, 3.63) is 35.4 Å². The van der Waals surface area contributed by atoms with Gasteiger partial charge in [-0.05, 0) is 18.2 Å². The van der Waals surface area contributed by atoms with Crippen molar-refractivity contribution in [2.75, 3.05) is 26.8 Å². The molecule has 1 rings (SSSR count). The van der Waals surface area contributed by atoms with Crippen LogP contribution in [0.1, 0.15) is 5.56 Å². The quantitative estimate of drug-likeness (QED) is 0.744. The van der Waals surface area contributed by atoms with Crippen LogP contribution in [-0.4, -0.2) is 32.7 Å². The topological polar surface area (TPSA) is 50.4 Å². The van der Waals surface area contributed by atoms with Crippen LogP contribution >= 0.6 is 12.4 Å². The van der Waals surface area contributed by atoms with Gasteiger partial charge in [0, 0.05) is 25.8 Å². The van der Waals surface area contributed by atoms with Crippen LogP contribution in [0.4, 0.5) is 8.78 Å². The Morgan fingerprint density at radius 2 is 2.11 bits per heavy atom. The van der Waals surface area contributed by atoms with Crippen molar-refractivity contribution in [1.82, 2.24) is 10.6 Å². The van der Waals surface area contributed by atoms with Crippen molar-refractivity contribution < 1.29 is 18.3 Å². The first-order valence-electron chi connectivity index (χ1n) is 5.53. The van der Waals surface area contributed by atoms with Crippen LogP contribution in [0.25, 0.3) is 0 Å². The number of hydrogen-bond donors (Lipinski definition) is 2. The molecule has 1 amide bonds. The molecule has 0 bridgehead atoms. The van der Waals surface area contributed by atoms with Gasteiger partial charge >= 0.3 is 0 Å². The van der Waals surface area contributed by atoms with Gasteiger partial charge in [0.05, 0.1) is 13.2 Å². The summed E-state index contributed by atoms with van der Waals surface area (Å²) >= 11 is 0. The molecule has 0 fully saturated rings. The average Bonchev–Trinajstić information content (AvgIpc) is 2.36. The lowest BCUT2D eigenvalue weighted by Gasteiger charge is -2.07. The molecule has 7 heteroatoms. The van der Waals surface area contributed by atoms with Crippen LogP contribution in [0.5, 0.6) is 0 Å². The normalized spacial score (nSPS) is 9.84. The van der Waals surface area contributed by atoms with E-state index in [1.807, 2.05) is 0 Å². The minimum absolute atomic E-state index is 0. The van der Waals surface area contributed by atoms with E-state index in [0.717, 1.165) is 18.2 Å². The molecule has 0 aromatic heterocycles. The maximum Gasteiger partial charge on any atom is 0.234 e. The van der Waals surface area contributed by atoms with Gasteiger partial charge in [0.2, 0.25) is 5.91 Å². The molecule has 0 unspecified atom stereocenters. The highest BCUT2D eigenvalue weighted by Crippen LogP contribution is 2.08. The largest absolute Gasteiger partial charge is 0.383 e. The fraction of sp³-hybridized carbons (Fsp3) is 0.417. The Kier molecular flexibility index (Phi) is 9.03. The second-order valence-corrected chi connectivity index (χ2v) is 3.68. The number of rotatable bonds is 7. The van der Waals surface area contributed by atoms with Crippen molar-refractivity contribution in [3.63, 3.8) is 0 Å². The molecule has 2 N–H and O–H groups in total. The van der Waals surface area contributed by atoms with Crippen LogP contribution < -0.4 is 10.6 Å². The number of benzene rings is 1. The lowest BCUT2D eigenvalue weighted by molar-refractivity contribution is -0.120. The summed E-state index contributed by atoms with van der Waals surface area (Å²) in [7, 11) is 1.56. The predicted molar refractivity (Wildman–Crippen MR) is 70.2 cm³/mol. The summed E-state index contributed by atoms with van der Waals surface area (Å²) in [6.07, 6.45) is 0. The number of methoxy groups -OCH3 is 1. The zero-order valence-electron chi connectivity index (χ0n) is 10.5. The fourth-order valence-electron chi connectivity index (χ4n) is 1.31. The van der Waals surface area contributed by atoms with Crippen LogP contribution in [0.3, 0.4) is 0 Å². The van der Waals surface area contributed by atoms with Crippen molar-refractivity contribution >= 4 is 18.3 Å². The summed E-state index contributed by atoms with van der Waals surface area (Å²) in [4.78, 5) is 11.3. The Balaban J connectivity index is 0.00000324. The highest BCUT2D eigenvalue weighted by Gasteiger charge is 2.06. The zero-order valence-corrected chi connectivity index (χ0v) is 11.4. The molecule has 1 aromatic carbocycles. The third-order valence-corrected chi connectivity index (χ3v) is 2.25. The molecule has 0 saturated heterocycles. The Bertz CT molecular complexity index is 405. The molecule has 4 nitrogen and oxygen atoms in total. The van der Waals surface area contributed by atoms with Crippen LogP contribution in [0.2, 0.25) is 0 Å². The molecule has 1 aromatic rings. The van der Waals surface area contributed by atoms with E-state index in [-0.39, 0.29) is 37.0 Å². The van der Waals surface area contributed by atoms with Crippen LogP contribution in [0.15, 0.2) is 18.2 Å². The number of halogens is 3. The van der Waals surface area contributed by atoms with Gasteiger partial charge in [0.1, 0.15) is 11.6 Å². The smallest absolute Gasteiger partial charge is 0.234 e. The summed E-state index contributed by atoms with van der Waals surface area (Å²) < 4.78 is 30.9. The van der Waals surface area contributed by atoms with E-state index < -0.39 is 11.6 Å². The highest BCUT2D eigenvalue weighted by molar-refractivity contribution is 5.85. The number of carbonyl (C=O) groups excluding carboxylic acids is 1. The monoisotopic (exact) mass is 294 g/mol.